The highest BCUT2D eigenvalue weighted by atomic mass is 79.9. The molecule has 0 bridgehead atoms. The fourth-order valence-electron chi connectivity index (χ4n) is 3.10. The van der Waals surface area contributed by atoms with Crippen molar-refractivity contribution < 1.29 is 9.53 Å². The quantitative estimate of drug-likeness (QED) is 0.634. The van der Waals surface area contributed by atoms with Crippen molar-refractivity contribution >= 4 is 27.5 Å². The number of amides is 1. The number of hydrogen-bond acceptors (Lipinski definition) is 5. The molecule has 0 spiro atoms. The van der Waals surface area contributed by atoms with Gasteiger partial charge in [-0.2, -0.15) is 0 Å². The number of aromatic nitrogens is 3. The molecule has 0 saturated heterocycles. The molecule has 3 heterocycles. The first-order valence-electron chi connectivity index (χ1n) is 8.67. The van der Waals surface area contributed by atoms with Crippen LogP contribution in [0, 0.1) is 0 Å². The summed E-state index contributed by atoms with van der Waals surface area (Å²) in [5.74, 6) is 0.367. The van der Waals surface area contributed by atoms with Crippen molar-refractivity contribution in [3.8, 4) is 17.1 Å². The van der Waals surface area contributed by atoms with E-state index in [0.29, 0.717) is 30.4 Å². The van der Waals surface area contributed by atoms with Crippen LogP contribution >= 0.6 is 15.9 Å². The summed E-state index contributed by atoms with van der Waals surface area (Å²) in [4.78, 5) is 27.6. The molecule has 4 rings (SSSR count). The number of pyridine rings is 1. The van der Waals surface area contributed by atoms with Crippen LogP contribution in [0.4, 0.5) is 5.69 Å². The molecule has 1 aliphatic heterocycles. The first-order valence-corrected chi connectivity index (χ1v) is 9.46. The van der Waals surface area contributed by atoms with E-state index in [4.69, 9.17) is 4.74 Å². The lowest BCUT2D eigenvalue weighted by Gasteiger charge is -2.17. The first kappa shape index (κ1) is 17.6. The van der Waals surface area contributed by atoms with E-state index >= 15 is 0 Å². The Bertz CT molecular complexity index is 992. The van der Waals surface area contributed by atoms with Gasteiger partial charge in [0.2, 0.25) is 5.88 Å². The van der Waals surface area contributed by atoms with Crippen molar-refractivity contribution in [3.63, 3.8) is 0 Å². The van der Waals surface area contributed by atoms with E-state index in [2.05, 4.69) is 36.9 Å². The number of carbonyl (C=O) groups is 1. The normalized spacial score (nSPS) is 12.7. The van der Waals surface area contributed by atoms with E-state index in [1.165, 1.54) is 0 Å². The number of carbonyl (C=O) groups excluding carboxylic acids is 1. The summed E-state index contributed by atoms with van der Waals surface area (Å²) in [5.41, 5.74) is 3.96. The molecule has 0 saturated carbocycles. The number of benzene rings is 1. The van der Waals surface area contributed by atoms with E-state index in [1.807, 2.05) is 25.1 Å². The molecule has 0 N–H and O–H groups in total. The van der Waals surface area contributed by atoms with Gasteiger partial charge in [0.25, 0.3) is 5.91 Å². The Hall–Kier alpha value is -2.80. The summed E-state index contributed by atoms with van der Waals surface area (Å²) in [6.07, 6.45) is 5.71. The highest BCUT2D eigenvalue weighted by molar-refractivity contribution is 9.10. The van der Waals surface area contributed by atoms with Gasteiger partial charge in [-0.3, -0.25) is 14.8 Å². The molecule has 2 aromatic heterocycles. The minimum absolute atomic E-state index is 0.100. The SMILES string of the molecule is CCOc1cncc(-c2ccc(C(=O)N3CCc4cc(Br)ccc43)nc2)n1. The molecule has 1 amide bonds. The third-order valence-corrected chi connectivity index (χ3v) is 4.86. The average Bonchev–Trinajstić information content (AvgIpc) is 3.11. The third kappa shape index (κ3) is 3.55. The van der Waals surface area contributed by atoms with Crippen LogP contribution in [0.3, 0.4) is 0 Å². The first-order chi connectivity index (χ1) is 13.2. The summed E-state index contributed by atoms with van der Waals surface area (Å²) >= 11 is 3.48. The van der Waals surface area contributed by atoms with Crippen LogP contribution in [0.2, 0.25) is 0 Å². The molecular formula is C20H17BrN4O2. The lowest BCUT2D eigenvalue weighted by molar-refractivity contribution is 0.0984. The Morgan fingerprint density at radius 1 is 1.22 bits per heavy atom. The van der Waals surface area contributed by atoms with Crippen LogP contribution in [0.25, 0.3) is 11.3 Å². The van der Waals surface area contributed by atoms with E-state index in [1.54, 1.807) is 29.6 Å². The van der Waals surface area contributed by atoms with Gasteiger partial charge in [0.05, 0.1) is 24.7 Å². The molecular weight excluding hydrogens is 408 g/mol. The molecule has 136 valence electrons. The van der Waals surface area contributed by atoms with Crippen molar-refractivity contribution in [2.24, 2.45) is 0 Å². The molecule has 0 unspecified atom stereocenters. The van der Waals surface area contributed by atoms with Gasteiger partial charge in [0.15, 0.2) is 0 Å². The minimum Gasteiger partial charge on any atom is -0.477 e. The highest BCUT2D eigenvalue weighted by Crippen LogP contribution is 2.31. The van der Waals surface area contributed by atoms with E-state index in [-0.39, 0.29) is 5.91 Å². The fourth-order valence-corrected chi connectivity index (χ4v) is 3.50. The van der Waals surface area contributed by atoms with Crippen LogP contribution in [0.15, 0.2) is 53.4 Å². The third-order valence-electron chi connectivity index (χ3n) is 4.37. The van der Waals surface area contributed by atoms with E-state index in [0.717, 1.165) is 27.7 Å². The molecule has 0 aliphatic carbocycles. The van der Waals surface area contributed by atoms with Crippen molar-refractivity contribution in [1.29, 1.82) is 0 Å². The Balaban J connectivity index is 1.56. The van der Waals surface area contributed by atoms with E-state index < -0.39 is 0 Å². The van der Waals surface area contributed by atoms with Crippen molar-refractivity contribution in [2.45, 2.75) is 13.3 Å². The second kappa shape index (κ2) is 7.44. The number of ether oxygens (including phenoxy) is 1. The summed E-state index contributed by atoms with van der Waals surface area (Å²) in [7, 11) is 0. The summed E-state index contributed by atoms with van der Waals surface area (Å²) in [6, 6.07) is 9.53. The molecule has 0 fully saturated rings. The fraction of sp³-hybridized carbons (Fsp3) is 0.200. The van der Waals surface area contributed by atoms with Crippen molar-refractivity contribution in [1.82, 2.24) is 15.0 Å². The van der Waals surface area contributed by atoms with Gasteiger partial charge >= 0.3 is 0 Å². The van der Waals surface area contributed by atoms with Crippen LogP contribution in [-0.4, -0.2) is 34.0 Å². The maximum atomic E-state index is 12.9. The molecule has 1 aromatic carbocycles. The van der Waals surface area contributed by atoms with Gasteiger partial charge in [0, 0.05) is 28.5 Å². The Morgan fingerprint density at radius 3 is 2.89 bits per heavy atom. The monoisotopic (exact) mass is 424 g/mol. The van der Waals surface area contributed by atoms with Crippen LogP contribution in [0.1, 0.15) is 23.0 Å². The van der Waals surface area contributed by atoms with Crippen molar-refractivity contribution in [2.75, 3.05) is 18.1 Å². The van der Waals surface area contributed by atoms with Crippen LogP contribution in [0.5, 0.6) is 5.88 Å². The topological polar surface area (TPSA) is 68.2 Å². The molecule has 0 radical (unpaired) electrons. The number of nitrogens with zero attached hydrogens (tertiary/aromatic N) is 4. The number of anilines is 1. The largest absolute Gasteiger partial charge is 0.477 e. The maximum absolute atomic E-state index is 12.9. The van der Waals surface area contributed by atoms with Gasteiger partial charge in [-0.15, -0.1) is 0 Å². The van der Waals surface area contributed by atoms with Gasteiger partial charge in [-0.05, 0) is 49.2 Å². The molecule has 3 aromatic rings. The number of fused-ring (bicyclic) bond motifs is 1. The Morgan fingerprint density at radius 2 is 2.11 bits per heavy atom. The number of hydrogen-bond donors (Lipinski definition) is 0. The molecule has 7 heteroatoms. The zero-order chi connectivity index (χ0) is 18.8. The predicted octanol–water partition coefficient (Wildman–Crippen LogP) is 3.90. The Labute approximate surface area is 165 Å². The highest BCUT2D eigenvalue weighted by Gasteiger charge is 2.26. The number of rotatable bonds is 4. The predicted molar refractivity (Wildman–Crippen MR) is 106 cm³/mol. The summed E-state index contributed by atoms with van der Waals surface area (Å²) < 4.78 is 6.40. The zero-order valence-electron chi connectivity index (χ0n) is 14.7. The smallest absolute Gasteiger partial charge is 0.276 e. The van der Waals surface area contributed by atoms with Gasteiger partial charge in [-0.25, -0.2) is 4.98 Å². The average molecular weight is 425 g/mol. The van der Waals surface area contributed by atoms with Gasteiger partial charge in [-0.1, -0.05) is 15.9 Å². The maximum Gasteiger partial charge on any atom is 0.276 e. The number of halogens is 1. The second-order valence-corrected chi connectivity index (χ2v) is 7.00. The molecule has 27 heavy (non-hydrogen) atoms. The van der Waals surface area contributed by atoms with E-state index in [9.17, 15) is 4.79 Å². The Kier molecular flexibility index (Phi) is 4.85. The van der Waals surface area contributed by atoms with Crippen molar-refractivity contribution in [3.05, 3.63) is 64.7 Å². The molecule has 0 atom stereocenters. The summed E-state index contributed by atoms with van der Waals surface area (Å²) in [5, 5.41) is 0. The standard InChI is InChI=1S/C20H17BrN4O2/c1-2-27-19-12-22-11-17(24-19)14-3-5-16(23-10-14)20(26)25-8-7-13-9-15(21)4-6-18(13)25/h3-6,9-12H,2,7-8H2,1H3. The second-order valence-electron chi connectivity index (χ2n) is 6.09. The minimum atomic E-state index is -0.100. The lowest BCUT2D eigenvalue weighted by atomic mass is 10.1. The lowest BCUT2D eigenvalue weighted by Crippen LogP contribution is -2.29. The van der Waals surface area contributed by atoms with Gasteiger partial charge < -0.3 is 9.64 Å². The van der Waals surface area contributed by atoms with Crippen LogP contribution in [-0.2, 0) is 6.42 Å². The zero-order valence-corrected chi connectivity index (χ0v) is 16.3. The summed E-state index contributed by atoms with van der Waals surface area (Å²) in [6.45, 7) is 3.08. The molecule has 1 aliphatic rings. The van der Waals surface area contributed by atoms with Gasteiger partial charge in [0.1, 0.15) is 5.69 Å². The van der Waals surface area contributed by atoms with Crippen LogP contribution < -0.4 is 9.64 Å². The molecule has 6 nitrogen and oxygen atoms in total.